The van der Waals surface area contributed by atoms with Gasteiger partial charge in [-0.3, -0.25) is 4.79 Å². The fourth-order valence-corrected chi connectivity index (χ4v) is 2.72. The number of rotatable bonds is 3. The molecule has 3 nitrogen and oxygen atoms in total. The highest BCUT2D eigenvalue weighted by Crippen LogP contribution is 2.13. The summed E-state index contributed by atoms with van der Waals surface area (Å²) in [4.78, 5) is 16.6. The Kier molecular flexibility index (Phi) is 5.38. The summed E-state index contributed by atoms with van der Waals surface area (Å²) in [6.07, 6.45) is 0.947. The number of hydrogen-bond donors (Lipinski definition) is 0. The molecule has 0 aliphatic carbocycles. The highest BCUT2D eigenvalue weighted by Gasteiger charge is 2.20. The molecule has 1 amide bonds. The topological polar surface area (TPSA) is 23.6 Å². The number of amides is 1. The summed E-state index contributed by atoms with van der Waals surface area (Å²) in [5, 5.41) is 0. The Labute approximate surface area is 124 Å². The van der Waals surface area contributed by atoms with Gasteiger partial charge in [-0.05, 0) is 43.7 Å². The van der Waals surface area contributed by atoms with E-state index in [-0.39, 0.29) is 11.7 Å². The second kappa shape index (κ2) is 7.04. The molecule has 20 heavy (non-hydrogen) atoms. The van der Waals surface area contributed by atoms with Gasteiger partial charge in [0.15, 0.2) is 0 Å². The van der Waals surface area contributed by atoms with Gasteiger partial charge in [0, 0.05) is 37.6 Å². The molecule has 0 atom stereocenters. The third-order valence-corrected chi connectivity index (χ3v) is 3.85. The van der Waals surface area contributed by atoms with Crippen molar-refractivity contribution >= 4 is 17.5 Å². The molecule has 1 aliphatic rings. The lowest BCUT2D eigenvalue weighted by Crippen LogP contribution is -2.35. The largest absolute Gasteiger partial charge is 0.337 e. The highest BCUT2D eigenvalue weighted by atomic mass is 35.5. The number of benzene rings is 1. The van der Waals surface area contributed by atoms with Gasteiger partial charge in [-0.2, -0.15) is 0 Å². The quantitative estimate of drug-likeness (QED) is 0.801. The number of alkyl halides is 1. The van der Waals surface area contributed by atoms with Crippen LogP contribution in [0.25, 0.3) is 0 Å². The Morgan fingerprint density at radius 2 is 2.10 bits per heavy atom. The third-order valence-electron chi connectivity index (χ3n) is 3.68. The second-order valence-electron chi connectivity index (χ2n) is 5.14. The van der Waals surface area contributed by atoms with Crippen LogP contribution in [0, 0.1) is 12.7 Å². The minimum absolute atomic E-state index is 0.0131. The predicted octanol–water partition coefficient (Wildman–Crippen LogP) is 2.52. The maximum absolute atomic E-state index is 13.3. The molecule has 0 radical (unpaired) electrons. The number of carbonyl (C=O) groups excluding carboxylic acids is 1. The van der Waals surface area contributed by atoms with Gasteiger partial charge in [-0.25, -0.2) is 4.39 Å². The minimum Gasteiger partial charge on any atom is -0.337 e. The number of hydrogen-bond acceptors (Lipinski definition) is 2. The van der Waals surface area contributed by atoms with Crippen molar-refractivity contribution in [3.8, 4) is 0 Å². The summed E-state index contributed by atoms with van der Waals surface area (Å²) in [7, 11) is 0. The van der Waals surface area contributed by atoms with Crippen molar-refractivity contribution in [3.05, 3.63) is 35.1 Å². The molecule has 1 saturated heterocycles. The van der Waals surface area contributed by atoms with Gasteiger partial charge in [-0.15, -0.1) is 11.6 Å². The third kappa shape index (κ3) is 3.70. The molecule has 5 heteroatoms. The van der Waals surface area contributed by atoms with Crippen LogP contribution in [0.4, 0.5) is 4.39 Å². The Bertz CT molecular complexity index is 481. The first kappa shape index (κ1) is 15.3. The number of nitrogens with zero attached hydrogens (tertiary/aromatic N) is 2. The molecule has 1 aromatic rings. The zero-order valence-electron chi connectivity index (χ0n) is 11.7. The van der Waals surface area contributed by atoms with E-state index in [1.807, 2.05) is 4.90 Å². The predicted molar refractivity (Wildman–Crippen MR) is 78.8 cm³/mol. The van der Waals surface area contributed by atoms with Crippen LogP contribution >= 0.6 is 11.6 Å². The van der Waals surface area contributed by atoms with Gasteiger partial charge in [0.1, 0.15) is 5.82 Å². The highest BCUT2D eigenvalue weighted by molar-refractivity contribution is 6.18. The molecular weight excluding hydrogens is 279 g/mol. The second-order valence-corrected chi connectivity index (χ2v) is 5.52. The standard InChI is InChI=1S/C15H20ClFN2O/c1-12-11-13(3-4-14(12)17)15(20)19-7-2-6-18(8-5-16)9-10-19/h3-4,11H,2,5-10H2,1H3. The summed E-state index contributed by atoms with van der Waals surface area (Å²) in [6, 6.07) is 4.55. The van der Waals surface area contributed by atoms with Crippen LogP contribution in [0.3, 0.4) is 0 Å². The lowest BCUT2D eigenvalue weighted by atomic mass is 10.1. The van der Waals surface area contributed by atoms with Crippen molar-refractivity contribution in [1.82, 2.24) is 9.80 Å². The summed E-state index contributed by atoms with van der Waals surface area (Å²) < 4.78 is 13.3. The Morgan fingerprint density at radius 1 is 1.30 bits per heavy atom. The molecular formula is C15H20ClFN2O. The summed E-state index contributed by atoms with van der Waals surface area (Å²) in [5.41, 5.74) is 1.07. The summed E-state index contributed by atoms with van der Waals surface area (Å²) in [5.74, 6) is 0.331. The van der Waals surface area contributed by atoms with Gasteiger partial charge >= 0.3 is 0 Å². The SMILES string of the molecule is Cc1cc(C(=O)N2CCCN(CCCl)CC2)ccc1F. The van der Waals surface area contributed by atoms with Crippen molar-refractivity contribution in [3.63, 3.8) is 0 Å². The normalized spacial score (nSPS) is 17.1. The molecule has 1 aromatic carbocycles. The van der Waals surface area contributed by atoms with E-state index >= 15 is 0 Å². The Morgan fingerprint density at radius 3 is 2.80 bits per heavy atom. The number of aryl methyl sites for hydroxylation is 1. The van der Waals surface area contributed by atoms with E-state index in [1.54, 1.807) is 19.1 Å². The Hall–Kier alpha value is -1.13. The number of carbonyl (C=O) groups is 1. The molecule has 1 aliphatic heterocycles. The molecule has 0 saturated carbocycles. The minimum atomic E-state index is -0.272. The van der Waals surface area contributed by atoms with Gasteiger partial charge in [-0.1, -0.05) is 0 Å². The van der Waals surface area contributed by atoms with Crippen molar-refractivity contribution < 1.29 is 9.18 Å². The zero-order chi connectivity index (χ0) is 14.5. The van der Waals surface area contributed by atoms with Crippen LogP contribution in [0.5, 0.6) is 0 Å². The number of halogens is 2. The molecule has 2 rings (SSSR count). The molecule has 1 heterocycles. The van der Waals surface area contributed by atoms with Gasteiger partial charge < -0.3 is 9.80 Å². The van der Waals surface area contributed by atoms with Crippen LogP contribution < -0.4 is 0 Å². The van der Waals surface area contributed by atoms with E-state index in [2.05, 4.69) is 4.90 Å². The smallest absolute Gasteiger partial charge is 0.253 e. The summed E-state index contributed by atoms with van der Waals surface area (Å²) >= 11 is 5.76. The maximum Gasteiger partial charge on any atom is 0.253 e. The molecule has 0 aromatic heterocycles. The van der Waals surface area contributed by atoms with Gasteiger partial charge in [0.25, 0.3) is 5.91 Å². The average molecular weight is 299 g/mol. The van der Waals surface area contributed by atoms with Gasteiger partial charge in [0.05, 0.1) is 0 Å². The monoisotopic (exact) mass is 298 g/mol. The van der Waals surface area contributed by atoms with E-state index in [4.69, 9.17) is 11.6 Å². The maximum atomic E-state index is 13.3. The van der Waals surface area contributed by atoms with Crippen LogP contribution in [-0.2, 0) is 0 Å². The summed E-state index contributed by atoms with van der Waals surface area (Å²) in [6.45, 7) is 5.80. The molecule has 110 valence electrons. The van der Waals surface area contributed by atoms with Crippen molar-refractivity contribution in [2.75, 3.05) is 38.6 Å². The van der Waals surface area contributed by atoms with Gasteiger partial charge in [0.2, 0.25) is 0 Å². The lowest BCUT2D eigenvalue weighted by molar-refractivity contribution is 0.0761. The molecule has 0 N–H and O–H groups in total. The van der Waals surface area contributed by atoms with E-state index in [9.17, 15) is 9.18 Å². The van der Waals surface area contributed by atoms with Crippen LogP contribution in [0.15, 0.2) is 18.2 Å². The fourth-order valence-electron chi connectivity index (χ4n) is 2.48. The van der Waals surface area contributed by atoms with Crippen molar-refractivity contribution in [2.24, 2.45) is 0 Å². The molecule has 0 spiro atoms. The first-order valence-corrected chi connectivity index (χ1v) is 7.49. The molecule has 1 fully saturated rings. The lowest BCUT2D eigenvalue weighted by Gasteiger charge is -2.21. The fraction of sp³-hybridized carbons (Fsp3) is 0.533. The Balaban J connectivity index is 2.03. The van der Waals surface area contributed by atoms with Crippen LogP contribution in [-0.4, -0.2) is 54.3 Å². The molecule has 0 bridgehead atoms. The van der Waals surface area contributed by atoms with E-state index in [0.717, 1.165) is 32.6 Å². The zero-order valence-corrected chi connectivity index (χ0v) is 12.5. The van der Waals surface area contributed by atoms with Crippen molar-refractivity contribution in [2.45, 2.75) is 13.3 Å². The van der Waals surface area contributed by atoms with Crippen LogP contribution in [0.1, 0.15) is 22.3 Å². The van der Waals surface area contributed by atoms with E-state index < -0.39 is 0 Å². The van der Waals surface area contributed by atoms with E-state index in [1.165, 1.54) is 6.07 Å². The van der Waals surface area contributed by atoms with E-state index in [0.29, 0.717) is 23.6 Å². The first-order valence-electron chi connectivity index (χ1n) is 6.95. The molecule has 0 unspecified atom stereocenters. The van der Waals surface area contributed by atoms with Crippen molar-refractivity contribution in [1.29, 1.82) is 0 Å². The van der Waals surface area contributed by atoms with Crippen LogP contribution in [0.2, 0.25) is 0 Å². The first-order chi connectivity index (χ1) is 9.61. The average Bonchev–Trinajstić information content (AvgIpc) is 2.67.